The molecule has 20 heavy (non-hydrogen) atoms. The number of nitrogens with one attached hydrogen (secondary N) is 2. The molecule has 0 atom stereocenters. The summed E-state index contributed by atoms with van der Waals surface area (Å²) in [5.41, 5.74) is 1.27. The summed E-state index contributed by atoms with van der Waals surface area (Å²) in [4.78, 5) is 16.3. The van der Waals surface area contributed by atoms with Crippen molar-refractivity contribution in [1.29, 1.82) is 0 Å². The molecule has 0 bridgehead atoms. The average Bonchev–Trinajstić information content (AvgIpc) is 2.41. The van der Waals surface area contributed by atoms with Gasteiger partial charge in [-0.05, 0) is 46.6 Å². The van der Waals surface area contributed by atoms with Crippen molar-refractivity contribution >= 4 is 33.3 Å². The number of halogens is 2. The standard InChI is InChI=1S/C14H13BrFN3O/c1-8-3-4-12(11(16)5-8)19-14(20)10-6-9(15)7-18-13(10)17-2/h3-7H,1-2H3,(H,17,18)(H,19,20). The number of carbonyl (C=O) groups excluding carboxylic acids is 1. The topological polar surface area (TPSA) is 54.0 Å². The number of aryl methyl sites for hydroxylation is 1. The Bertz CT molecular complexity index is 661. The van der Waals surface area contributed by atoms with E-state index in [0.717, 1.165) is 5.56 Å². The monoisotopic (exact) mass is 337 g/mol. The zero-order valence-corrected chi connectivity index (χ0v) is 12.6. The maximum atomic E-state index is 13.7. The van der Waals surface area contributed by atoms with Gasteiger partial charge in [-0.15, -0.1) is 0 Å². The summed E-state index contributed by atoms with van der Waals surface area (Å²) >= 11 is 3.26. The summed E-state index contributed by atoms with van der Waals surface area (Å²) in [7, 11) is 1.67. The van der Waals surface area contributed by atoms with E-state index in [1.165, 1.54) is 12.1 Å². The van der Waals surface area contributed by atoms with Crippen LogP contribution in [0.3, 0.4) is 0 Å². The van der Waals surface area contributed by atoms with Gasteiger partial charge in [0.1, 0.15) is 11.6 Å². The minimum atomic E-state index is -0.465. The second kappa shape index (κ2) is 6.00. The predicted molar refractivity (Wildman–Crippen MR) is 80.6 cm³/mol. The largest absolute Gasteiger partial charge is 0.372 e. The van der Waals surface area contributed by atoms with E-state index in [0.29, 0.717) is 15.9 Å². The molecule has 2 N–H and O–H groups in total. The van der Waals surface area contributed by atoms with Crippen LogP contribution in [0.2, 0.25) is 0 Å². The van der Waals surface area contributed by atoms with Gasteiger partial charge in [-0.3, -0.25) is 4.79 Å². The Labute approximate surface area is 124 Å². The SMILES string of the molecule is CNc1ncc(Br)cc1C(=O)Nc1ccc(C)cc1F. The fourth-order valence-electron chi connectivity index (χ4n) is 1.72. The molecule has 104 valence electrons. The summed E-state index contributed by atoms with van der Waals surface area (Å²) in [5, 5.41) is 5.37. The van der Waals surface area contributed by atoms with Gasteiger partial charge in [-0.1, -0.05) is 6.07 Å². The zero-order valence-electron chi connectivity index (χ0n) is 11.0. The lowest BCUT2D eigenvalue weighted by Gasteiger charge is -2.10. The van der Waals surface area contributed by atoms with Crippen molar-refractivity contribution in [3.63, 3.8) is 0 Å². The minimum Gasteiger partial charge on any atom is -0.372 e. The Morgan fingerprint density at radius 1 is 1.35 bits per heavy atom. The third-order valence-corrected chi connectivity index (χ3v) is 3.14. The highest BCUT2D eigenvalue weighted by atomic mass is 79.9. The number of pyridine rings is 1. The van der Waals surface area contributed by atoms with E-state index < -0.39 is 11.7 Å². The van der Waals surface area contributed by atoms with Crippen LogP contribution < -0.4 is 10.6 Å². The van der Waals surface area contributed by atoms with Crippen molar-refractivity contribution in [1.82, 2.24) is 4.98 Å². The maximum absolute atomic E-state index is 13.7. The zero-order chi connectivity index (χ0) is 14.7. The Balaban J connectivity index is 2.30. The number of rotatable bonds is 3. The van der Waals surface area contributed by atoms with Crippen LogP contribution in [0.1, 0.15) is 15.9 Å². The second-order valence-electron chi connectivity index (χ2n) is 4.24. The Hall–Kier alpha value is -1.95. The van der Waals surface area contributed by atoms with Crippen LogP contribution in [0.15, 0.2) is 34.9 Å². The molecule has 6 heteroatoms. The van der Waals surface area contributed by atoms with Gasteiger partial charge in [-0.25, -0.2) is 9.37 Å². The smallest absolute Gasteiger partial charge is 0.259 e. The van der Waals surface area contributed by atoms with Crippen LogP contribution in [-0.4, -0.2) is 17.9 Å². The van der Waals surface area contributed by atoms with Crippen molar-refractivity contribution in [2.24, 2.45) is 0 Å². The third kappa shape index (κ3) is 3.14. The molecule has 1 aromatic heterocycles. The number of aromatic nitrogens is 1. The third-order valence-electron chi connectivity index (χ3n) is 2.71. The summed E-state index contributed by atoms with van der Waals surface area (Å²) < 4.78 is 14.4. The van der Waals surface area contributed by atoms with Crippen molar-refractivity contribution in [3.8, 4) is 0 Å². The van der Waals surface area contributed by atoms with Crippen LogP contribution >= 0.6 is 15.9 Å². The average molecular weight is 338 g/mol. The van der Waals surface area contributed by atoms with Crippen molar-refractivity contribution in [2.45, 2.75) is 6.92 Å². The number of anilines is 2. The lowest BCUT2D eigenvalue weighted by molar-refractivity contribution is 0.102. The number of hydrogen-bond acceptors (Lipinski definition) is 3. The fourth-order valence-corrected chi connectivity index (χ4v) is 2.05. The van der Waals surface area contributed by atoms with E-state index in [-0.39, 0.29) is 5.69 Å². The molecule has 0 aliphatic rings. The second-order valence-corrected chi connectivity index (χ2v) is 5.15. The lowest BCUT2D eigenvalue weighted by atomic mass is 10.2. The highest BCUT2D eigenvalue weighted by molar-refractivity contribution is 9.10. The van der Waals surface area contributed by atoms with Crippen LogP contribution in [0.5, 0.6) is 0 Å². The van der Waals surface area contributed by atoms with Crippen molar-refractivity contribution < 1.29 is 9.18 Å². The van der Waals surface area contributed by atoms with Crippen molar-refractivity contribution in [2.75, 3.05) is 17.7 Å². The quantitative estimate of drug-likeness (QED) is 0.899. The number of benzene rings is 1. The number of hydrogen-bond donors (Lipinski definition) is 2. The molecule has 1 aromatic carbocycles. The molecule has 0 unspecified atom stereocenters. The molecule has 0 radical (unpaired) electrons. The molecule has 1 amide bonds. The molecule has 0 fully saturated rings. The van der Waals surface area contributed by atoms with Gasteiger partial charge in [0.2, 0.25) is 0 Å². The number of nitrogens with zero attached hydrogens (tertiary/aromatic N) is 1. The summed E-state index contributed by atoms with van der Waals surface area (Å²) in [6.07, 6.45) is 1.58. The Kier molecular flexibility index (Phi) is 4.34. The molecule has 0 saturated carbocycles. The molecule has 0 saturated heterocycles. The first kappa shape index (κ1) is 14.5. The van der Waals surface area contributed by atoms with Gasteiger partial charge in [0.05, 0.1) is 11.3 Å². The van der Waals surface area contributed by atoms with Crippen LogP contribution in [0.4, 0.5) is 15.9 Å². The van der Waals surface area contributed by atoms with Gasteiger partial charge in [0.25, 0.3) is 5.91 Å². The van der Waals surface area contributed by atoms with E-state index in [1.807, 2.05) is 0 Å². The van der Waals surface area contributed by atoms with Crippen molar-refractivity contribution in [3.05, 3.63) is 51.9 Å². The number of carbonyl (C=O) groups is 1. The fraction of sp³-hybridized carbons (Fsp3) is 0.143. The molecular formula is C14H13BrFN3O. The first-order chi connectivity index (χ1) is 9.51. The predicted octanol–water partition coefficient (Wildman–Crippen LogP) is 3.59. The molecule has 0 aliphatic heterocycles. The summed E-state index contributed by atoms with van der Waals surface area (Å²) in [6.45, 7) is 1.78. The molecule has 0 aliphatic carbocycles. The maximum Gasteiger partial charge on any atom is 0.259 e. The molecule has 0 spiro atoms. The van der Waals surface area contributed by atoms with Gasteiger partial charge in [0.15, 0.2) is 0 Å². The summed E-state index contributed by atoms with van der Waals surface area (Å²) in [6, 6.07) is 6.26. The Morgan fingerprint density at radius 3 is 2.75 bits per heavy atom. The van der Waals surface area contributed by atoms with Gasteiger partial charge >= 0.3 is 0 Å². The molecule has 2 rings (SSSR count). The van der Waals surface area contributed by atoms with E-state index in [1.54, 1.807) is 32.3 Å². The lowest BCUT2D eigenvalue weighted by Crippen LogP contribution is -2.15. The molecule has 2 aromatic rings. The highest BCUT2D eigenvalue weighted by Gasteiger charge is 2.14. The van der Waals surface area contributed by atoms with Crippen LogP contribution in [-0.2, 0) is 0 Å². The van der Waals surface area contributed by atoms with E-state index >= 15 is 0 Å². The highest BCUT2D eigenvalue weighted by Crippen LogP contribution is 2.21. The first-order valence-electron chi connectivity index (χ1n) is 5.92. The molecule has 1 heterocycles. The molecular weight excluding hydrogens is 325 g/mol. The van der Waals surface area contributed by atoms with Crippen LogP contribution in [0.25, 0.3) is 0 Å². The van der Waals surface area contributed by atoms with E-state index in [4.69, 9.17) is 0 Å². The van der Waals surface area contributed by atoms with E-state index in [9.17, 15) is 9.18 Å². The van der Waals surface area contributed by atoms with Gasteiger partial charge in [0, 0.05) is 17.7 Å². The Morgan fingerprint density at radius 2 is 2.10 bits per heavy atom. The minimum absolute atomic E-state index is 0.141. The van der Waals surface area contributed by atoms with E-state index in [2.05, 4.69) is 31.5 Å². The molecule has 4 nitrogen and oxygen atoms in total. The normalized spacial score (nSPS) is 10.2. The first-order valence-corrected chi connectivity index (χ1v) is 6.71. The van der Waals surface area contributed by atoms with Gasteiger partial charge in [-0.2, -0.15) is 0 Å². The number of amides is 1. The summed E-state index contributed by atoms with van der Waals surface area (Å²) in [5.74, 6) is -0.462. The van der Waals surface area contributed by atoms with Gasteiger partial charge < -0.3 is 10.6 Å². The van der Waals surface area contributed by atoms with Crippen LogP contribution in [0, 0.1) is 12.7 Å².